The van der Waals surface area contributed by atoms with E-state index in [2.05, 4.69) is 18.3 Å². The Labute approximate surface area is 176 Å². The SMILES string of the molecule is CC(=O)N1c2ccc(C#N)cc2C(NC(=O)OCc2ccccc2)[C@@H](C)[C@@H]1C1CC1. The molecule has 1 N–H and O–H groups in total. The van der Waals surface area contributed by atoms with Crippen molar-refractivity contribution in [3.05, 3.63) is 65.2 Å². The first-order chi connectivity index (χ1) is 14.5. The number of carbonyl (C=O) groups excluding carboxylic acids is 2. The number of anilines is 1. The Balaban J connectivity index is 1.62. The zero-order valence-corrected chi connectivity index (χ0v) is 17.2. The fourth-order valence-electron chi connectivity index (χ4n) is 4.53. The lowest BCUT2D eigenvalue weighted by Gasteiger charge is -2.45. The Kier molecular flexibility index (Phi) is 5.45. The van der Waals surface area contributed by atoms with Gasteiger partial charge in [-0.2, -0.15) is 5.26 Å². The summed E-state index contributed by atoms with van der Waals surface area (Å²) in [5, 5.41) is 12.4. The standard InChI is InChI=1S/C24H25N3O3/c1-15-22(26-24(29)30-14-17-6-4-3-5-7-17)20-12-18(13-25)8-11-21(20)27(16(2)28)23(15)19-9-10-19/h3-8,11-12,15,19,22-23H,9-10,14H2,1-2H3,(H,26,29)/t15-,22?,23-/m1/s1. The molecule has 0 spiro atoms. The number of rotatable bonds is 4. The molecule has 30 heavy (non-hydrogen) atoms. The van der Waals surface area contributed by atoms with Gasteiger partial charge >= 0.3 is 6.09 Å². The van der Waals surface area contributed by atoms with Crippen LogP contribution >= 0.6 is 0 Å². The van der Waals surface area contributed by atoms with E-state index in [1.54, 1.807) is 19.1 Å². The Morgan fingerprint density at radius 1 is 1.20 bits per heavy atom. The Bertz CT molecular complexity index is 995. The number of fused-ring (bicyclic) bond motifs is 1. The maximum absolute atomic E-state index is 12.6. The minimum absolute atomic E-state index is 0.00730. The van der Waals surface area contributed by atoms with Crippen LogP contribution in [0.5, 0.6) is 0 Å². The van der Waals surface area contributed by atoms with Crippen molar-refractivity contribution in [1.82, 2.24) is 5.32 Å². The van der Waals surface area contributed by atoms with E-state index < -0.39 is 6.09 Å². The first-order valence-corrected chi connectivity index (χ1v) is 10.3. The van der Waals surface area contributed by atoms with Crippen molar-refractivity contribution in [2.45, 2.75) is 45.4 Å². The Morgan fingerprint density at radius 2 is 1.93 bits per heavy atom. The van der Waals surface area contributed by atoms with Crippen molar-refractivity contribution < 1.29 is 14.3 Å². The van der Waals surface area contributed by atoms with Crippen molar-refractivity contribution in [2.24, 2.45) is 11.8 Å². The molecule has 3 atom stereocenters. The van der Waals surface area contributed by atoms with Crippen LogP contribution in [0.2, 0.25) is 0 Å². The van der Waals surface area contributed by atoms with Crippen LogP contribution in [0.3, 0.4) is 0 Å². The number of hydrogen-bond acceptors (Lipinski definition) is 4. The van der Waals surface area contributed by atoms with E-state index in [4.69, 9.17) is 4.74 Å². The summed E-state index contributed by atoms with van der Waals surface area (Å²) < 4.78 is 5.44. The normalized spacial score (nSPS) is 22.6. The van der Waals surface area contributed by atoms with Crippen LogP contribution in [0, 0.1) is 23.2 Å². The highest BCUT2D eigenvalue weighted by Gasteiger charge is 2.48. The maximum Gasteiger partial charge on any atom is 0.407 e. The quantitative estimate of drug-likeness (QED) is 0.825. The molecule has 4 rings (SSSR count). The largest absolute Gasteiger partial charge is 0.445 e. The van der Waals surface area contributed by atoms with Crippen molar-refractivity contribution in [3.8, 4) is 6.07 Å². The molecule has 1 saturated carbocycles. The molecule has 1 aliphatic heterocycles. The molecule has 2 aliphatic rings. The van der Waals surface area contributed by atoms with E-state index in [-0.39, 0.29) is 30.5 Å². The molecular weight excluding hydrogens is 378 g/mol. The second-order valence-corrected chi connectivity index (χ2v) is 8.15. The third-order valence-electron chi connectivity index (χ3n) is 6.04. The van der Waals surface area contributed by atoms with E-state index in [0.29, 0.717) is 11.5 Å². The van der Waals surface area contributed by atoms with Gasteiger partial charge in [-0.15, -0.1) is 0 Å². The van der Waals surface area contributed by atoms with Crippen LogP contribution < -0.4 is 10.2 Å². The zero-order chi connectivity index (χ0) is 21.3. The molecule has 0 bridgehead atoms. The highest BCUT2D eigenvalue weighted by molar-refractivity contribution is 5.94. The van der Waals surface area contributed by atoms with Crippen molar-refractivity contribution in [2.75, 3.05) is 4.90 Å². The summed E-state index contributed by atoms with van der Waals surface area (Å²) in [4.78, 5) is 27.0. The lowest BCUT2D eigenvalue weighted by molar-refractivity contribution is -0.117. The first kappa shape index (κ1) is 20.0. The van der Waals surface area contributed by atoms with Gasteiger partial charge in [-0.3, -0.25) is 4.79 Å². The molecule has 1 fully saturated rings. The summed E-state index contributed by atoms with van der Waals surface area (Å²) >= 11 is 0. The monoisotopic (exact) mass is 403 g/mol. The predicted molar refractivity (Wildman–Crippen MR) is 112 cm³/mol. The third kappa shape index (κ3) is 3.88. The van der Waals surface area contributed by atoms with E-state index in [1.807, 2.05) is 41.3 Å². The van der Waals surface area contributed by atoms with Gasteiger partial charge in [-0.05, 0) is 48.1 Å². The summed E-state index contributed by atoms with van der Waals surface area (Å²) in [7, 11) is 0. The van der Waals surface area contributed by atoms with Gasteiger partial charge in [-0.25, -0.2) is 4.79 Å². The summed E-state index contributed by atoms with van der Waals surface area (Å²) in [6.07, 6.45) is 1.65. The summed E-state index contributed by atoms with van der Waals surface area (Å²) in [6.45, 7) is 3.82. The van der Waals surface area contributed by atoms with Gasteiger partial charge in [0.2, 0.25) is 5.91 Å². The molecule has 6 nitrogen and oxygen atoms in total. The van der Waals surface area contributed by atoms with Crippen LogP contribution in [0.25, 0.3) is 0 Å². The molecule has 1 heterocycles. The molecule has 6 heteroatoms. The molecular formula is C24H25N3O3. The highest BCUT2D eigenvalue weighted by Crippen LogP contribution is 2.49. The number of hydrogen-bond donors (Lipinski definition) is 1. The highest BCUT2D eigenvalue weighted by atomic mass is 16.5. The number of nitriles is 1. The number of alkyl carbamates (subject to hydrolysis) is 1. The molecule has 2 aromatic rings. The topological polar surface area (TPSA) is 82.4 Å². The number of amides is 2. The Hall–Kier alpha value is -3.33. The fourth-order valence-corrected chi connectivity index (χ4v) is 4.53. The second-order valence-electron chi connectivity index (χ2n) is 8.15. The molecule has 154 valence electrons. The van der Waals surface area contributed by atoms with E-state index in [9.17, 15) is 14.9 Å². The second kappa shape index (κ2) is 8.19. The molecule has 0 radical (unpaired) electrons. The van der Waals surface area contributed by atoms with Gasteiger partial charge in [0.15, 0.2) is 0 Å². The van der Waals surface area contributed by atoms with E-state index in [0.717, 1.165) is 29.7 Å². The van der Waals surface area contributed by atoms with Gasteiger partial charge < -0.3 is 15.0 Å². The molecule has 1 aliphatic carbocycles. The number of nitrogens with zero attached hydrogens (tertiary/aromatic N) is 2. The maximum atomic E-state index is 12.6. The van der Waals surface area contributed by atoms with E-state index >= 15 is 0 Å². The molecule has 2 aromatic carbocycles. The molecule has 2 amide bonds. The number of nitrogens with one attached hydrogen (secondary N) is 1. The average molecular weight is 403 g/mol. The van der Waals surface area contributed by atoms with Gasteiger partial charge in [-0.1, -0.05) is 37.3 Å². The summed E-state index contributed by atoms with van der Waals surface area (Å²) in [6, 6.07) is 16.7. The molecule has 0 saturated heterocycles. The average Bonchev–Trinajstić information content (AvgIpc) is 3.59. The van der Waals surface area contributed by atoms with Crippen LogP contribution in [-0.4, -0.2) is 18.0 Å². The van der Waals surface area contributed by atoms with Crippen LogP contribution in [0.15, 0.2) is 48.5 Å². The summed E-state index contributed by atoms with van der Waals surface area (Å²) in [5.41, 5.74) is 2.96. The number of carbonyl (C=O) groups is 2. The van der Waals surface area contributed by atoms with Gasteiger partial charge in [0.1, 0.15) is 6.61 Å². The van der Waals surface area contributed by atoms with Crippen LogP contribution in [0.4, 0.5) is 10.5 Å². The first-order valence-electron chi connectivity index (χ1n) is 10.3. The van der Waals surface area contributed by atoms with Crippen molar-refractivity contribution >= 4 is 17.7 Å². The Morgan fingerprint density at radius 3 is 2.57 bits per heavy atom. The minimum Gasteiger partial charge on any atom is -0.445 e. The zero-order valence-electron chi connectivity index (χ0n) is 17.2. The third-order valence-corrected chi connectivity index (χ3v) is 6.04. The van der Waals surface area contributed by atoms with Crippen LogP contribution in [-0.2, 0) is 16.1 Å². The smallest absolute Gasteiger partial charge is 0.407 e. The fraction of sp³-hybridized carbons (Fsp3) is 0.375. The number of benzene rings is 2. The van der Waals surface area contributed by atoms with Gasteiger partial charge in [0.05, 0.1) is 17.7 Å². The lowest BCUT2D eigenvalue weighted by atomic mass is 9.79. The van der Waals surface area contributed by atoms with E-state index in [1.165, 1.54) is 0 Å². The van der Waals surface area contributed by atoms with Gasteiger partial charge in [0, 0.05) is 24.6 Å². The molecule has 1 unspecified atom stereocenters. The molecule has 0 aromatic heterocycles. The predicted octanol–water partition coefficient (Wildman–Crippen LogP) is 4.31. The lowest BCUT2D eigenvalue weighted by Crippen LogP contribution is -2.53. The minimum atomic E-state index is -0.505. The van der Waals surface area contributed by atoms with Crippen LogP contribution in [0.1, 0.15) is 49.4 Å². The number of ether oxygens (including phenoxy) is 1. The summed E-state index contributed by atoms with van der Waals surface area (Å²) in [5.74, 6) is 0.402. The van der Waals surface area contributed by atoms with Gasteiger partial charge in [0.25, 0.3) is 0 Å². The van der Waals surface area contributed by atoms with Crippen molar-refractivity contribution in [3.63, 3.8) is 0 Å². The van der Waals surface area contributed by atoms with Crippen molar-refractivity contribution in [1.29, 1.82) is 5.26 Å².